The number of hydrogen-bond donors (Lipinski definition) is 4. The van der Waals surface area contributed by atoms with Gasteiger partial charge in [0.2, 0.25) is 0 Å². The first-order valence-corrected chi connectivity index (χ1v) is 36.6. The molecule has 8 aromatic carbocycles. The summed E-state index contributed by atoms with van der Waals surface area (Å²) in [6.45, 7) is 5.27. The van der Waals surface area contributed by atoms with Gasteiger partial charge >= 0.3 is 0 Å². The summed E-state index contributed by atoms with van der Waals surface area (Å²) in [5, 5.41) is 33.4. The van der Waals surface area contributed by atoms with E-state index >= 15 is 0 Å². The van der Waals surface area contributed by atoms with Crippen LogP contribution in [0.5, 0.6) is 0 Å². The van der Waals surface area contributed by atoms with Crippen LogP contribution >= 0.6 is 46.4 Å². The number of carbonyl (C=O) groups is 4. The number of nitrogens with zero attached hydrogens (tertiary/aromatic N) is 10. The van der Waals surface area contributed by atoms with Crippen LogP contribution < -0.4 is 21.3 Å². The molecule has 0 unspecified atom stereocenters. The predicted molar refractivity (Wildman–Crippen MR) is 410 cm³/mol. The molecule has 4 aliphatic rings. The maximum atomic E-state index is 13.5. The highest BCUT2D eigenvalue weighted by Crippen LogP contribution is 2.45. The highest BCUT2D eigenvalue weighted by Gasteiger charge is 2.36. The first-order valence-electron chi connectivity index (χ1n) is 35.1. The van der Waals surface area contributed by atoms with Gasteiger partial charge in [-0.3, -0.25) is 19.2 Å². The van der Waals surface area contributed by atoms with Crippen molar-refractivity contribution >= 4 is 70.0 Å². The molecule has 524 valence electrons. The molecule has 0 saturated heterocycles. The number of benzene rings is 8. The van der Waals surface area contributed by atoms with Gasteiger partial charge in [-0.1, -0.05) is 180 Å². The van der Waals surface area contributed by atoms with Crippen LogP contribution in [-0.2, 0) is 25.7 Å². The van der Waals surface area contributed by atoms with E-state index in [2.05, 4.69) is 74.5 Å². The molecule has 104 heavy (non-hydrogen) atoms. The Bertz CT molecular complexity index is 4950. The first kappa shape index (κ1) is 69.3. The molecule has 4 amide bonds. The third-order valence-electron chi connectivity index (χ3n) is 19.6. The molecule has 4 aliphatic carbocycles. The van der Waals surface area contributed by atoms with Crippen molar-refractivity contribution in [2.24, 2.45) is 0 Å². The van der Waals surface area contributed by atoms with Crippen LogP contribution in [0.1, 0.15) is 112 Å². The number of rotatable bonds is 24. The van der Waals surface area contributed by atoms with Crippen LogP contribution in [0.15, 0.2) is 194 Å². The topological polar surface area (TPSA) is 194 Å². The van der Waals surface area contributed by atoms with Crippen molar-refractivity contribution in [2.75, 3.05) is 66.5 Å². The SMILES string of the molecule is CN(CCCNC(=O)c1nn(-c2ccc(Cl)cc2Cl)c2c1Cc1ccccc1-2)CCCNC(=O)c1nn(-c2ccc(Cl)cc2Cl)c2c1Cc1ccccc1-2.CN(CCCNC(=O)c1nn(-c2ccccc2)c2c1Cc1ccccc1-2)CCCNC(=O)c1nn(-c2ccccc2)c2c1Cc1ccccc1-2. The smallest absolute Gasteiger partial charge is 0.272 e. The molecule has 4 heterocycles. The fraction of sp³-hybridized carbons (Fsp3) is 0.220. The Labute approximate surface area is 622 Å². The molecule has 0 radical (unpaired) electrons. The van der Waals surface area contributed by atoms with Crippen molar-refractivity contribution in [1.29, 1.82) is 0 Å². The van der Waals surface area contributed by atoms with E-state index in [1.54, 1.807) is 33.6 Å². The van der Waals surface area contributed by atoms with E-state index in [0.717, 1.165) is 142 Å². The first-order chi connectivity index (χ1) is 50.7. The summed E-state index contributed by atoms with van der Waals surface area (Å²) < 4.78 is 7.33. The largest absolute Gasteiger partial charge is 0.351 e. The van der Waals surface area contributed by atoms with Crippen LogP contribution in [0, 0.1) is 0 Å². The van der Waals surface area contributed by atoms with E-state index in [1.165, 1.54) is 11.1 Å². The zero-order chi connectivity index (χ0) is 71.5. The third-order valence-corrected chi connectivity index (χ3v) is 20.7. The average Bonchev–Trinajstić information content (AvgIpc) is 1.61. The molecular formula is C82H74Cl4N14O4. The average molecular weight is 1460 g/mol. The van der Waals surface area contributed by atoms with Gasteiger partial charge in [-0.05, 0) is 149 Å². The second-order valence-electron chi connectivity index (χ2n) is 26.6. The maximum absolute atomic E-state index is 13.5. The van der Waals surface area contributed by atoms with Crippen molar-refractivity contribution < 1.29 is 19.2 Å². The molecule has 0 spiro atoms. The number of fused-ring (bicyclic) bond motifs is 12. The lowest BCUT2D eigenvalue weighted by atomic mass is 10.1. The van der Waals surface area contributed by atoms with Gasteiger partial charge in [0.1, 0.15) is 0 Å². The van der Waals surface area contributed by atoms with Gasteiger partial charge in [0, 0.05) is 106 Å². The van der Waals surface area contributed by atoms with Crippen LogP contribution in [0.2, 0.25) is 20.1 Å². The molecule has 4 aromatic heterocycles. The lowest BCUT2D eigenvalue weighted by Gasteiger charge is -2.16. The van der Waals surface area contributed by atoms with Crippen molar-refractivity contribution in [3.63, 3.8) is 0 Å². The van der Waals surface area contributed by atoms with Crippen LogP contribution in [0.4, 0.5) is 0 Å². The second kappa shape index (κ2) is 30.5. The van der Waals surface area contributed by atoms with E-state index < -0.39 is 0 Å². The van der Waals surface area contributed by atoms with E-state index in [9.17, 15) is 19.2 Å². The standard InChI is InChI=1S/C41H35Cl4N7O2.C41H39N7O2/c1-50(18-6-16-46-40(53)36-30-20-24-8-2-4-10-28(24)38(30)51(48-36)34-14-12-26(42)22-32(34)44)19-7-17-47-41(54)37-31-21-25-9-3-5-11-29(25)39(31)52(49-37)35-15-13-27(43)23-33(35)45;1-46(24-12-22-42-40(49)36-34-26-28-14-8-10-20-32(28)38(34)47(44-36)30-16-4-2-5-17-30)25-13-23-43-41(50)37-35-27-29-15-9-11-21-33(29)39(35)48(45-37)31-18-6-3-7-19-31/h2-5,8-15,22-23H,6-7,16-21H2,1H3,(H,46,53)(H,47,54);2-11,14-21H,12-13,22-27H2,1H3,(H,42,49)(H,43,50). The van der Waals surface area contributed by atoms with Crippen LogP contribution in [0.25, 0.3) is 67.8 Å². The summed E-state index contributed by atoms with van der Waals surface area (Å²) in [5.41, 5.74) is 21.5. The molecular weight excluding hydrogens is 1390 g/mol. The predicted octanol–water partition coefficient (Wildman–Crippen LogP) is 14.8. The van der Waals surface area contributed by atoms with E-state index in [4.69, 9.17) is 66.8 Å². The minimum atomic E-state index is -0.219. The molecule has 18 nitrogen and oxygen atoms in total. The Morgan fingerprint density at radius 1 is 0.346 bits per heavy atom. The Balaban J connectivity index is 0.000000168. The molecule has 4 N–H and O–H groups in total. The van der Waals surface area contributed by atoms with Gasteiger partial charge in [0.25, 0.3) is 23.6 Å². The van der Waals surface area contributed by atoms with Crippen LogP contribution in [-0.4, -0.2) is 139 Å². The number of halogens is 4. The summed E-state index contributed by atoms with van der Waals surface area (Å²) >= 11 is 25.5. The fourth-order valence-corrected chi connectivity index (χ4v) is 15.6. The van der Waals surface area contributed by atoms with Gasteiger partial charge in [-0.2, -0.15) is 20.4 Å². The lowest BCUT2D eigenvalue weighted by molar-refractivity contribution is 0.0935. The quantitative estimate of drug-likeness (QED) is 0.0423. The molecule has 16 rings (SSSR count). The van der Waals surface area contributed by atoms with Crippen molar-refractivity contribution in [1.82, 2.24) is 70.2 Å². The number of carbonyl (C=O) groups excluding carboxylic acids is 4. The second-order valence-corrected chi connectivity index (χ2v) is 28.3. The normalized spacial score (nSPS) is 12.4. The number of nitrogens with one attached hydrogen (secondary N) is 4. The highest BCUT2D eigenvalue weighted by atomic mass is 35.5. The van der Waals surface area contributed by atoms with E-state index in [-0.39, 0.29) is 23.6 Å². The molecule has 22 heteroatoms. The Morgan fingerprint density at radius 2 is 0.606 bits per heavy atom. The van der Waals surface area contributed by atoms with Gasteiger partial charge in [0.15, 0.2) is 22.8 Å². The minimum absolute atomic E-state index is 0.140. The Hall–Kier alpha value is -10.4. The van der Waals surface area contributed by atoms with Crippen molar-refractivity contribution in [2.45, 2.75) is 51.4 Å². The fourth-order valence-electron chi connectivity index (χ4n) is 14.6. The van der Waals surface area contributed by atoms with Gasteiger partial charge < -0.3 is 31.1 Å². The zero-order valence-corrected chi connectivity index (χ0v) is 60.4. The maximum Gasteiger partial charge on any atom is 0.272 e. The number of para-hydroxylation sites is 2. The molecule has 0 aliphatic heterocycles. The highest BCUT2D eigenvalue weighted by molar-refractivity contribution is 6.36. The monoisotopic (exact) mass is 1460 g/mol. The Morgan fingerprint density at radius 3 is 0.894 bits per heavy atom. The lowest BCUT2D eigenvalue weighted by Crippen LogP contribution is -2.31. The van der Waals surface area contributed by atoms with Crippen molar-refractivity contribution in [3.8, 4) is 67.8 Å². The molecule has 0 fully saturated rings. The molecule has 0 atom stereocenters. The summed E-state index contributed by atoms with van der Waals surface area (Å²) in [7, 11) is 4.10. The van der Waals surface area contributed by atoms with Crippen LogP contribution in [0.3, 0.4) is 0 Å². The summed E-state index contributed by atoms with van der Waals surface area (Å²) in [6, 6.07) is 63.3. The minimum Gasteiger partial charge on any atom is -0.351 e. The van der Waals surface area contributed by atoms with Crippen molar-refractivity contribution in [3.05, 3.63) is 281 Å². The Kier molecular flexibility index (Phi) is 20.3. The molecule has 0 saturated carbocycles. The third kappa shape index (κ3) is 14.0. The summed E-state index contributed by atoms with van der Waals surface area (Å²) in [6.07, 6.45) is 5.74. The van der Waals surface area contributed by atoms with Gasteiger partial charge in [-0.25, -0.2) is 18.7 Å². The summed E-state index contributed by atoms with van der Waals surface area (Å²) in [4.78, 5) is 58.3. The van der Waals surface area contributed by atoms with Gasteiger partial charge in [0.05, 0.1) is 55.6 Å². The molecule has 0 bridgehead atoms. The van der Waals surface area contributed by atoms with E-state index in [1.807, 2.05) is 150 Å². The van der Waals surface area contributed by atoms with E-state index in [0.29, 0.717) is 106 Å². The number of amides is 4. The number of aromatic nitrogens is 8. The zero-order valence-electron chi connectivity index (χ0n) is 57.4. The summed E-state index contributed by atoms with van der Waals surface area (Å²) in [5.74, 6) is -0.719. The molecule has 12 aromatic rings. The number of hydrogen-bond acceptors (Lipinski definition) is 10. The van der Waals surface area contributed by atoms with Gasteiger partial charge in [-0.15, -0.1) is 0 Å².